The Morgan fingerprint density at radius 2 is 1.62 bits per heavy atom. The first-order valence-electron chi connectivity index (χ1n) is 15.4. The number of hydrogen-bond donors (Lipinski definition) is 1. The van der Waals surface area contributed by atoms with E-state index >= 15 is 0 Å². The molecule has 246 valence electrons. The molecular formula is C34H34FN3O9. The second kappa shape index (κ2) is 12.5. The van der Waals surface area contributed by atoms with Crippen molar-refractivity contribution in [2.45, 2.75) is 12.3 Å². The predicted octanol–water partition coefficient (Wildman–Crippen LogP) is 3.49. The van der Waals surface area contributed by atoms with E-state index in [1.54, 1.807) is 29.2 Å². The first-order chi connectivity index (χ1) is 22.8. The van der Waals surface area contributed by atoms with Gasteiger partial charge >= 0.3 is 12.1 Å². The van der Waals surface area contributed by atoms with Crippen LogP contribution in [0.1, 0.15) is 22.6 Å². The van der Waals surface area contributed by atoms with Crippen LogP contribution in [0.4, 0.5) is 14.9 Å². The number of fused-ring (bicyclic) bond motifs is 3. The Morgan fingerprint density at radius 1 is 0.936 bits per heavy atom. The van der Waals surface area contributed by atoms with Crippen molar-refractivity contribution in [3.05, 3.63) is 71.0 Å². The van der Waals surface area contributed by atoms with Crippen molar-refractivity contribution < 1.29 is 47.2 Å². The number of piperazine rings is 1. The van der Waals surface area contributed by atoms with E-state index in [0.717, 1.165) is 22.4 Å². The molecule has 0 unspecified atom stereocenters. The molecule has 3 heterocycles. The van der Waals surface area contributed by atoms with Crippen LogP contribution in [-0.4, -0.2) is 83.2 Å². The normalized spacial score (nSPS) is 21.0. The highest BCUT2D eigenvalue weighted by atomic mass is 19.1. The topological polar surface area (TPSA) is 125 Å². The summed E-state index contributed by atoms with van der Waals surface area (Å²) in [4.78, 5) is 42.6. The third kappa shape index (κ3) is 5.81. The van der Waals surface area contributed by atoms with Gasteiger partial charge in [-0.05, 0) is 71.6 Å². The molecule has 12 nitrogen and oxygen atoms in total. The summed E-state index contributed by atoms with van der Waals surface area (Å²) in [5, 5.41) is 2.53. The Hall–Kier alpha value is -5.20. The number of ether oxygens (including phenoxy) is 6. The van der Waals surface area contributed by atoms with Crippen molar-refractivity contribution in [3.8, 4) is 28.7 Å². The van der Waals surface area contributed by atoms with Gasteiger partial charge in [-0.15, -0.1) is 0 Å². The van der Waals surface area contributed by atoms with Gasteiger partial charge in [0.05, 0.1) is 26.7 Å². The SMILES string of the molecule is COc1cc([C@@H]2c3cc4c(cc3C[C@H]3COC(=O)[C@@H]32)OCO4)cc(OC)c1OC(=O)NCC(=O)N1CCN(c2ccc(F)cc2)CC1. The molecule has 0 spiro atoms. The molecule has 1 aliphatic carbocycles. The zero-order valence-electron chi connectivity index (χ0n) is 26.0. The van der Waals surface area contributed by atoms with Gasteiger partial charge < -0.3 is 43.5 Å². The van der Waals surface area contributed by atoms with E-state index in [1.165, 1.54) is 26.4 Å². The second-order valence-electron chi connectivity index (χ2n) is 11.8. The van der Waals surface area contributed by atoms with E-state index in [1.807, 2.05) is 12.1 Å². The molecular weight excluding hydrogens is 613 g/mol. The summed E-state index contributed by atoms with van der Waals surface area (Å²) in [6, 6.07) is 13.6. The molecule has 0 saturated carbocycles. The molecule has 7 rings (SSSR count). The third-order valence-corrected chi connectivity index (χ3v) is 9.28. The van der Waals surface area contributed by atoms with Crippen LogP contribution in [0.15, 0.2) is 48.5 Å². The van der Waals surface area contributed by atoms with Gasteiger partial charge in [-0.1, -0.05) is 0 Å². The summed E-state index contributed by atoms with van der Waals surface area (Å²) in [5.41, 5.74) is 3.56. The number of halogens is 1. The Balaban J connectivity index is 1.05. The molecule has 3 atom stereocenters. The first-order valence-corrected chi connectivity index (χ1v) is 15.4. The quantitative estimate of drug-likeness (QED) is 0.381. The molecule has 4 aliphatic rings. The minimum atomic E-state index is -0.859. The van der Waals surface area contributed by atoms with Crippen LogP contribution >= 0.6 is 0 Å². The van der Waals surface area contributed by atoms with E-state index in [9.17, 15) is 18.8 Å². The highest BCUT2D eigenvalue weighted by Crippen LogP contribution is 2.52. The van der Waals surface area contributed by atoms with Gasteiger partial charge in [0.1, 0.15) is 12.4 Å². The van der Waals surface area contributed by atoms with Crippen LogP contribution in [0, 0.1) is 17.7 Å². The zero-order valence-corrected chi connectivity index (χ0v) is 26.0. The summed E-state index contributed by atoms with van der Waals surface area (Å²) in [6.07, 6.45) is -0.195. The zero-order chi connectivity index (χ0) is 32.7. The van der Waals surface area contributed by atoms with Crippen LogP contribution in [0.5, 0.6) is 28.7 Å². The third-order valence-electron chi connectivity index (χ3n) is 9.28. The van der Waals surface area contributed by atoms with E-state index in [-0.39, 0.29) is 54.2 Å². The summed E-state index contributed by atoms with van der Waals surface area (Å²) in [5.74, 6) is 0.0431. The number of carbonyl (C=O) groups is 3. The van der Waals surface area contributed by atoms with Crippen LogP contribution in [0.25, 0.3) is 0 Å². The van der Waals surface area contributed by atoms with Crippen molar-refractivity contribution in [1.29, 1.82) is 0 Å². The average Bonchev–Trinajstić information content (AvgIpc) is 3.71. The number of cyclic esters (lactones) is 1. The maximum Gasteiger partial charge on any atom is 0.413 e. The van der Waals surface area contributed by atoms with Gasteiger partial charge in [0.2, 0.25) is 18.4 Å². The lowest BCUT2D eigenvalue weighted by atomic mass is 9.67. The summed E-state index contributed by atoms with van der Waals surface area (Å²) in [6.45, 7) is 2.26. The number of esters is 1. The molecule has 0 bridgehead atoms. The maximum atomic E-state index is 13.3. The predicted molar refractivity (Wildman–Crippen MR) is 165 cm³/mol. The Morgan fingerprint density at radius 3 is 2.30 bits per heavy atom. The number of benzene rings is 3. The molecule has 3 aliphatic heterocycles. The van der Waals surface area contributed by atoms with Crippen LogP contribution in [0.3, 0.4) is 0 Å². The Kier molecular flexibility index (Phi) is 8.12. The monoisotopic (exact) mass is 647 g/mol. The van der Waals surface area contributed by atoms with E-state index in [2.05, 4.69) is 10.2 Å². The molecule has 0 radical (unpaired) electrons. The highest BCUT2D eigenvalue weighted by molar-refractivity contribution is 5.84. The molecule has 2 fully saturated rings. The van der Waals surface area contributed by atoms with Crippen molar-refractivity contribution >= 4 is 23.7 Å². The van der Waals surface area contributed by atoms with Gasteiger partial charge in [-0.2, -0.15) is 0 Å². The fraction of sp³-hybridized carbons (Fsp3) is 0.382. The number of hydrogen-bond acceptors (Lipinski definition) is 10. The number of methoxy groups -OCH3 is 2. The maximum absolute atomic E-state index is 13.3. The Labute approximate surface area is 270 Å². The number of nitrogens with zero attached hydrogens (tertiary/aromatic N) is 2. The standard InChI is InChI=1S/C34H34FN3O9/c1-42-27-13-20(30-24-15-26-25(45-18-46-26)12-19(24)11-21-17-44-33(40)31(21)30)14-28(43-2)32(27)47-34(41)36-16-29(39)38-9-7-37(8-10-38)23-5-3-22(35)4-6-23/h3-6,12-15,21,30-31H,7-11,16-18H2,1-2H3,(H,36,41)/t21-,30+,31-/m0/s1. The van der Waals surface area contributed by atoms with Crippen LogP contribution < -0.4 is 33.9 Å². The molecule has 13 heteroatoms. The number of carbonyl (C=O) groups excluding carboxylic acids is 3. The molecule has 1 N–H and O–H groups in total. The molecule has 3 aromatic carbocycles. The lowest BCUT2D eigenvalue weighted by Crippen LogP contribution is -2.51. The van der Waals surface area contributed by atoms with Gasteiger partial charge in [-0.25, -0.2) is 9.18 Å². The first kappa shape index (κ1) is 30.5. The molecule has 2 saturated heterocycles. The molecule has 47 heavy (non-hydrogen) atoms. The lowest BCUT2D eigenvalue weighted by molar-refractivity contribution is -0.141. The van der Waals surface area contributed by atoms with Crippen LogP contribution in [0.2, 0.25) is 0 Å². The van der Waals surface area contributed by atoms with Crippen molar-refractivity contribution in [2.24, 2.45) is 11.8 Å². The fourth-order valence-corrected chi connectivity index (χ4v) is 6.94. The fourth-order valence-electron chi connectivity index (χ4n) is 6.94. The Bertz CT molecular complexity index is 1680. The van der Waals surface area contributed by atoms with Crippen LogP contribution in [-0.2, 0) is 20.7 Å². The molecule has 3 aromatic rings. The number of rotatable bonds is 7. The van der Waals surface area contributed by atoms with E-state index < -0.39 is 17.9 Å². The lowest BCUT2D eigenvalue weighted by Gasteiger charge is -2.36. The summed E-state index contributed by atoms with van der Waals surface area (Å²) < 4.78 is 47.0. The van der Waals surface area contributed by atoms with Crippen molar-refractivity contribution in [3.63, 3.8) is 0 Å². The van der Waals surface area contributed by atoms with Gasteiger partial charge in [-0.3, -0.25) is 9.59 Å². The smallest absolute Gasteiger partial charge is 0.413 e. The molecule has 2 amide bonds. The number of anilines is 1. The van der Waals surface area contributed by atoms with Gasteiger partial charge in [0.15, 0.2) is 23.0 Å². The van der Waals surface area contributed by atoms with E-state index in [0.29, 0.717) is 50.7 Å². The van der Waals surface area contributed by atoms with Gasteiger partial charge in [0.25, 0.3) is 0 Å². The minimum Gasteiger partial charge on any atom is -0.493 e. The number of nitrogens with one attached hydrogen (secondary N) is 1. The van der Waals surface area contributed by atoms with Gasteiger partial charge in [0, 0.05) is 43.7 Å². The van der Waals surface area contributed by atoms with E-state index in [4.69, 9.17) is 28.4 Å². The van der Waals surface area contributed by atoms with Crippen molar-refractivity contribution in [1.82, 2.24) is 10.2 Å². The summed E-state index contributed by atoms with van der Waals surface area (Å²) in [7, 11) is 2.88. The minimum absolute atomic E-state index is 0.0255. The van der Waals surface area contributed by atoms with Crippen molar-refractivity contribution in [2.75, 3.05) is 65.2 Å². The summed E-state index contributed by atoms with van der Waals surface area (Å²) >= 11 is 0. The second-order valence-corrected chi connectivity index (χ2v) is 11.8. The number of amides is 2. The average molecular weight is 648 g/mol. The highest BCUT2D eigenvalue weighted by Gasteiger charge is 2.48. The largest absolute Gasteiger partial charge is 0.493 e. The molecule has 0 aromatic heterocycles.